The molecule has 0 aliphatic carbocycles. The van der Waals surface area contributed by atoms with Gasteiger partial charge in [0.15, 0.2) is 0 Å². The van der Waals surface area contributed by atoms with E-state index >= 15 is 0 Å². The number of nitrogens with zero attached hydrogens (tertiary/aromatic N) is 1. The Balaban J connectivity index is 2.27. The molecule has 0 aromatic carbocycles. The van der Waals surface area contributed by atoms with E-state index in [0.717, 1.165) is 0 Å². The van der Waals surface area contributed by atoms with E-state index in [2.05, 4.69) is 15.6 Å². The first-order chi connectivity index (χ1) is 6.25. The summed E-state index contributed by atoms with van der Waals surface area (Å²) in [5, 5.41) is 6.95. The van der Waals surface area contributed by atoms with Gasteiger partial charge in [-0.1, -0.05) is 0 Å². The maximum absolute atomic E-state index is 11.0. The van der Waals surface area contributed by atoms with Crippen LogP contribution in [0.25, 0.3) is 6.08 Å². The topological polar surface area (TPSA) is 71.1 Å². The first-order valence-corrected chi connectivity index (χ1v) is 4.37. The van der Waals surface area contributed by atoms with Crippen LogP contribution in [0.2, 0.25) is 0 Å². The molecule has 1 aliphatic heterocycles. The first-order valence-electron chi connectivity index (χ1n) is 3.49. The zero-order valence-corrected chi connectivity index (χ0v) is 7.22. The van der Waals surface area contributed by atoms with Crippen LogP contribution in [0.4, 0.5) is 4.79 Å². The minimum absolute atomic E-state index is 0.236. The van der Waals surface area contributed by atoms with Crippen LogP contribution in [-0.2, 0) is 4.79 Å². The minimum Gasteiger partial charge on any atom is -0.303 e. The Morgan fingerprint density at radius 3 is 2.77 bits per heavy atom. The molecule has 0 unspecified atom stereocenters. The standard InChI is InChI=1S/C7H5N3O2S/c11-6-4(9-7(12)10-6)3-5-8-1-2-13-5/h1-3H,(H2,9,10,11,12)/b4-3+. The Labute approximate surface area is 77.5 Å². The summed E-state index contributed by atoms with van der Waals surface area (Å²) in [5.74, 6) is -0.416. The Kier molecular flexibility index (Phi) is 1.82. The fourth-order valence-corrected chi connectivity index (χ4v) is 1.48. The van der Waals surface area contributed by atoms with E-state index in [9.17, 15) is 9.59 Å². The molecule has 1 aliphatic rings. The van der Waals surface area contributed by atoms with Crippen LogP contribution in [-0.4, -0.2) is 16.9 Å². The quantitative estimate of drug-likeness (QED) is 0.501. The van der Waals surface area contributed by atoms with Crippen LogP contribution < -0.4 is 10.6 Å². The molecule has 0 bridgehead atoms. The van der Waals surface area contributed by atoms with Gasteiger partial charge in [0.1, 0.15) is 10.7 Å². The molecule has 1 aromatic rings. The molecule has 5 nitrogen and oxygen atoms in total. The number of aromatic nitrogens is 1. The highest BCUT2D eigenvalue weighted by molar-refractivity contribution is 7.10. The first kappa shape index (κ1) is 7.93. The van der Waals surface area contributed by atoms with Crippen LogP contribution in [0.5, 0.6) is 0 Å². The van der Waals surface area contributed by atoms with Crippen LogP contribution >= 0.6 is 11.3 Å². The summed E-state index contributed by atoms with van der Waals surface area (Å²) >= 11 is 1.39. The van der Waals surface area contributed by atoms with Gasteiger partial charge < -0.3 is 5.32 Å². The van der Waals surface area contributed by atoms with Crippen molar-refractivity contribution in [3.8, 4) is 0 Å². The van der Waals surface area contributed by atoms with Gasteiger partial charge in [0, 0.05) is 17.7 Å². The molecule has 3 amide bonds. The normalized spacial score (nSPS) is 18.9. The second-order valence-electron chi connectivity index (χ2n) is 2.34. The summed E-state index contributed by atoms with van der Waals surface area (Å²) in [4.78, 5) is 25.7. The van der Waals surface area contributed by atoms with E-state index in [1.54, 1.807) is 11.6 Å². The number of hydrogen-bond acceptors (Lipinski definition) is 4. The second-order valence-corrected chi connectivity index (χ2v) is 3.26. The van der Waals surface area contributed by atoms with Crippen molar-refractivity contribution in [3.63, 3.8) is 0 Å². The monoisotopic (exact) mass is 195 g/mol. The number of hydrogen-bond donors (Lipinski definition) is 2. The molecule has 2 heterocycles. The molecular formula is C7H5N3O2S. The predicted octanol–water partition coefficient (Wildman–Crippen LogP) is 0.323. The van der Waals surface area contributed by atoms with Crippen molar-refractivity contribution in [1.82, 2.24) is 15.6 Å². The summed E-state index contributed by atoms with van der Waals surface area (Å²) in [6.07, 6.45) is 3.16. The van der Waals surface area contributed by atoms with Gasteiger partial charge in [0.05, 0.1) is 0 Å². The highest BCUT2D eigenvalue weighted by Gasteiger charge is 2.22. The fraction of sp³-hybridized carbons (Fsp3) is 0. The molecule has 2 rings (SSSR count). The Bertz CT molecular complexity index is 382. The molecule has 66 valence electrons. The summed E-state index contributed by atoms with van der Waals surface area (Å²) in [6, 6.07) is -0.493. The third-order valence-electron chi connectivity index (χ3n) is 1.44. The maximum atomic E-state index is 11.0. The van der Waals surface area contributed by atoms with Gasteiger partial charge in [-0.25, -0.2) is 9.78 Å². The molecule has 0 spiro atoms. The van der Waals surface area contributed by atoms with Crippen molar-refractivity contribution in [2.45, 2.75) is 0 Å². The van der Waals surface area contributed by atoms with Crippen molar-refractivity contribution in [2.24, 2.45) is 0 Å². The molecule has 0 atom stereocenters. The molecule has 1 saturated heterocycles. The fourth-order valence-electron chi connectivity index (χ4n) is 0.912. The van der Waals surface area contributed by atoms with Crippen molar-refractivity contribution in [1.29, 1.82) is 0 Å². The zero-order chi connectivity index (χ0) is 9.26. The highest BCUT2D eigenvalue weighted by Crippen LogP contribution is 2.10. The number of carbonyl (C=O) groups excluding carboxylic acids is 2. The minimum atomic E-state index is -0.493. The average molecular weight is 195 g/mol. The number of nitrogens with one attached hydrogen (secondary N) is 2. The van der Waals surface area contributed by atoms with E-state index in [0.29, 0.717) is 5.01 Å². The molecule has 0 saturated carbocycles. The Hall–Kier alpha value is -1.69. The molecule has 6 heteroatoms. The predicted molar refractivity (Wildman–Crippen MR) is 46.8 cm³/mol. The average Bonchev–Trinajstić information content (AvgIpc) is 2.63. The number of thiazole rings is 1. The van der Waals surface area contributed by atoms with Crippen LogP contribution in [0.3, 0.4) is 0 Å². The van der Waals surface area contributed by atoms with Crippen molar-refractivity contribution in [3.05, 3.63) is 22.3 Å². The van der Waals surface area contributed by atoms with E-state index < -0.39 is 11.9 Å². The molecule has 2 N–H and O–H groups in total. The van der Waals surface area contributed by atoms with Crippen molar-refractivity contribution >= 4 is 29.4 Å². The maximum Gasteiger partial charge on any atom is 0.326 e. The van der Waals surface area contributed by atoms with Crippen LogP contribution in [0, 0.1) is 0 Å². The molecule has 1 fully saturated rings. The zero-order valence-electron chi connectivity index (χ0n) is 6.40. The van der Waals surface area contributed by atoms with Gasteiger partial charge in [0.25, 0.3) is 5.91 Å². The SMILES string of the molecule is O=C1NC(=O)/C(=C\c2nccs2)N1. The van der Waals surface area contributed by atoms with Crippen LogP contribution in [0.15, 0.2) is 17.3 Å². The van der Waals surface area contributed by atoms with Gasteiger partial charge in [-0.2, -0.15) is 0 Å². The Morgan fingerprint density at radius 1 is 1.38 bits per heavy atom. The van der Waals surface area contributed by atoms with Gasteiger partial charge in [0.2, 0.25) is 0 Å². The lowest BCUT2D eigenvalue weighted by Crippen LogP contribution is -2.22. The number of carbonyl (C=O) groups is 2. The number of urea groups is 1. The van der Waals surface area contributed by atoms with E-state index in [4.69, 9.17) is 0 Å². The van der Waals surface area contributed by atoms with E-state index in [1.807, 2.05) is 0 Å². The third-order valence-corrected chi connectivity index (χ3v) is 2.16. The lowest BCUT2D eigenvalue weighted by molar-refractivity contribution is -0.115. The van der Waals surface area contributed by atoms with Crippen LogP contribution in [0.1, 0.15) is 5.01 Å². The number of amides is 3. The molecule has 13 heavy (non-hydrogen) atoms. The van der Waals surface area contributed by atoms with Gasteiger partial charge in [-0.3, -0.25) is 10.1 Å². The highest BCUT2D eigenvalue weighted by atomic mass is 32.1. The second kappa shape index (κ2) is 2.98. The van der Waals surface area contributed by atoms with Crippen molar-refractivity contribution in [2.75, 3.05) is 0 Å². The third kappa shape index (κ3) is 1.57. The van der Waals surface area contributed by atoms with E-state index in [-0.39, 0.29) is 5.70 Å². The van der Waals surface area contributed by atoms with Gasteiger partial charge in [-0.15, -0.1) is 11.3 Å². The summed E-state index contributed by atoms with van der Waals surface area (Å²) in [6.45, 7) is 0. The molecule has 1 aromatic heterocycles. The number of imide groups is 1. The lowest BCUT2D eigenvalue weighted by Gasteiger charge is -1.89. The number of rotatable bonds is 1. The summed E-state index contributed by atoms with van der Waals surface area (Å²) in [5.41, 5.74) is 0.236. The Morgan fingerprint density at radius 2 is 2.23 bits per heavy atom. The van der Waals surface area contributed by atoms with E-state index in [1.165, 1.54) is 17.4 Å². The van der Waals surface area contributed by atoms with Crippen molar-refractivity contribution < 1.29 is 9.59 Å². The largest absolute Gasteiger partial charge is 0.326 e. The molecule has 0 radical (unpaired) electrons. The summed E-state index contributed by atoms with van der Waals surface area (Å²) in [7, 11) is 0. The van der Waals surface area contributed by atoms with Gasteiger partial charge >= 0.3 is 6.03 Å². The summed E-state index contributed by atoms with van der Waals surface area (Å²) < 4.78 is 0. The lowest BCUT2D eigenvalue weighted by atomic mass is 10.4. The molecular weight excluding hydrogens is 190 g/mol. The smallest absolute Gasteiger partial charge is 0.303 e. The van der Waals surface area contributed by atoms with Gasteiger partial charge in [-0.05, 0) is 0 Å².